The maximum absolute atomic E-state index is 9.49. The molecule has 0 bridgehead atoms. The first-order valence-electron chi connectivity index (χ1n) is 5.48. The van der Waals surface area contributed by atoms with Gasteiger partial charge in [0.2, 0.25) is 0 Å². The summed E-state index contributed by atoms with van der Waals surface area (Å²) in [6.45, 7) is 2.04. The van der Waals surface area contributed by atoms with Gasteiger partial charge in [-0.05, 0) is 36.8 Å². The van der Waals surface area contributed by atoms with E-state index < -0.39 is 0 Å². The van der Waals surface area contributed by atoms with Crippen molar-refractivity contribution in [3.63, 3.8) is 0 Å². The average molecular weight is 227 g/mol. The number of aromatic hydroxyl groups is 1. The van der Waals surface area contributed by atoms with Crippen LogP contribution >= 0.6 is 0 Å². The molecule has 3 rings (SSSR count). The van der Waals surface area contributed by atoms with Crippen molar-refractivity contribution in [2.24, 2.45) is 0 Å². The van der Waals surface area contributed by atoms with Crippen molar-refractivity contribution in [1.29, 1.82) is 0 Å². The lowest BCUT2D eigenvalue weighted by molar-refractivity contribution is 0.419. The number of ether oxygens (including phenoxy) is 1. The molecule has 0 aliphatic rings. The summed E-state index contributed by atoms with van der Waals surface area (Å²) < 4.78 is 5.37. The summed E-state index contributed by atoms with van der Waals surface area (Å²) in [6.07, 6.45) is 0. The predicted molar refractivity (Wildman–Crippen MR) is 68.8 cm³/mol. The van der Waals surface area contributed by atoms with Crippen LogP contribution in [0.15, 0.2) is 30.3 Å². The van der Waals surface area contributed by atoms with Crippen molar-refractivity contribution in [1.82, 2.24) is 4.98 Å². The van der Waals surface area contributed by atoms with E-state index in [-0.39, 0.29) is 5.75 Å². The van der Waals surface area contributed by atoms with E-state index in [2.05, 4.69) is 11.1 Å². The fraction of sp³-hybridized carbons (Fsp3) is 0.143. The molecule has 3 nitrogen and oxygen atoms in total. The summed E-state index contributed by atoms with van der Waals surface area (Å²) in [6, 6.07) is 9.46. The average Bonchev–Trinajstić information content (AvgIpc) is 2.65. The number of H-pyrrole nitrogens is 1. The van der Waals surface area contributed by atoms with Crippen molar-refractivity contribution in [3.05, 3.63) is 35.9 Å². The number of phenolic OH excluding ortho intramolecular Hbond substituents is 1. The van der Waals surface area contributed by atoms with E-state index in [1.165, 1.54) is 0 Å². The van der Waals surface area contributed by atoms with Gasteiger partial charge in [-0.3, -0.25) is 0 Å². The lowest BCUT2D eigenvalue weighted by Crippen LogP contribution is -1.85. The maximum Gasteiger partial charge on any atom is 0.143 e. The molecule has 0 atom stereocenters. The van der Waals surface area contributed by atoms with Gasteiger partial charge >= 0.3 is 0 Å². The number of aryl methyl sites for hydroxylation is 1. The van der Waals surface area contributed by atoms with Crippen LogP contribution in [-0.4, -0.2) is 17.2 Å². The third-order valence-corrected chi connectivity index (χ3v) is 3.02. The molecule has 1 aromatic heterocycles. The molecule has 0 saturated heterocycles. The zero-order valence-electron chi connectivity index (χ0n) is 9.74. The number of benzene rings is 2. The standard InChI is InChI=1S/C14H13NO2/c1-8-5-11-10-4-3-9(16)7-12(10)15-14(11)13(6-8)17-2/h3-7,15-16H,1-2H3. The Hall–Kier alpha value is -2.16. The lowest BCUT2D eigenvalue weighted by Gasteiger charge is -2.03. The van der Waals surface area contributed by atoms with E-state index in [1.54, 1.807) is 19.2 Å². The van der Waals surface area contributed by atoms with Crippen LogP contribution in [0.1, 0.15) is 5.56 Å². The summed E-state index contributed by atoms with van der Waals surface area (Å²) in [5.41, 5.74) is 3.05. The molecule has 86 valence electrons. The van der Waals surface area contributed by atoms with Crippen LogP contribution in [0.2, 0.25) is 0 Å². The van der Waals surface area contributed by atoms with Gasteiger partial charge in [-0.1, -0.05) is 0 Å². The van der Waals surface area contributed by atoms with Gasteiger partial charge in [-0.25, -0.2) is 0 Å². The molecule has 17 heavy (non-hydrogen) atoms. The third-order valence-electron chi connectivity index (χ3n) is 3.02. The van der Waals surface area contributed by atoms with Gasteiger partial charge in [0.15, 0.2) is 0 Å². The number of methoxy groups -OCH3 is 1. The Morgan fingerprint density at radius 3 is 2.71 bits per heavy atom. The zero-order chi connectivity index (χ0) is 12.0. The van der Waals surface area contributed by atoms with Crippen molar-refractivity contribution >= 4 is 21.8 Å². The Bertz CT molecular complexity index is 713. The van der Waals surface area contributed by atoms with E-state index in [1.807, 2.05) is 19.1 Å². The highest BCUT2D eigenvalue weighted by molar-refractivity contribution is 6.09. The Labute approximate surface area is 98.6 Å². The summed E-state index contributed by atoms with van der Waals surface area (Å²) in [7, 11) is 1.66. The van der Waals surface area contributed by atoms with Gasteiger partial charge < -0.3 is 14.8 Å². The van der Waals surface area contributed by atoms with E-state index in [0.717, 1.165) is 33.1 Å². The molecule has 0 saturated carbocycles. The SMILES string of the molecule is COc1cc(C)cc2c1[nH]c1cc(O)ccc12. The number of nitrogens with one attached hydrogen (secondary N) is 1. The Kier molecular flexibility index (Phi) is 2.01. The minimum absolute atomic E-state index is 0.264. The van der Waals surface area contributed by atoms with Gasteiger partial charge in [0, 0.05) is 16.8 Å². The molecule has 0 fully saturated rings. The minimum atomic E-state index is 0.264. The molecule has 3 aromatic rings. The van der Waals surface area contributed by atoms with Gasteiger partial charge in [0.25, 0.3) is 0 Å². The monoisotopic (exact) mass is 227 g/mol. The first kappa shape index (κ1) is 10.0. The highest BCUT2D eigenvalue weighted by Crippen LogP contribution is 2.34. The second-order valence-corrected chi connectivity index (χ2v) is 4.24. The van der Waals surface area contributed by atoms with E-state index in [0.29, 0.717) is 0 Å². The van der Waals surface area contributed by atoms with Gasteiger partial charge in [0.05, 0.1) is 18.1 Å². The number of aromatic amines is 1. The van der Waals surface area contributed by atoms with Crippen LogP contribution < -0.4 is 4.74 Å². The van der Waals surface area contributed by atoms with Crippen LogP contribution in [0.25, 0.3) is 21.8 Å². The zero-order valence-corrected chi connectivity index (χ0v) is 9.74. The summed E-state index contributed by atoms with van der Waals surface area (Å²) >= 11 is 0. The third kappa shape index (κ3) is 1.43. The molecule has 1 heterocycles. The Morgan fingerprint density at radius 2 is 1.94 bits per heavy atom. The molecule has 0 radical (unpaired) electrons. The second kappa shape index (κ2) is 3.42. The second-order valence-electron chi connectivity index (χ2n) is 4.24. The van der Waals surface area contributed by atoms with Crippen molar-refractivity contribution in [2.45, 2.75) is 6.92 Å². The topological polar surface area (TPSA) is 45.2 Å². The molecule has 0 aliphatic carbocycles. The quantitative estimate of drug-likeness (QED) is 0.669. The molecular weight excluding hydrogens is 214 g/mol. The van der Waals surface area contributed by atoms with Crippen LogP contribution in [0.4, 0.5) is 0 Å². The number of hydrogen-bond acceptors (Lipinski definition) is 2. The van der Waals surface area contributed by atoms with Gasteiger partial charge in [-0.2, -0.15) is 0 Å². The first-order chi connectivity index (χ1) is 8.19. The number of aromatic nitrogens is 1. The Morgan fingerprint density at radius 1 is 1.12 bits per heavy atom. The van der Waals surface area contributed by atoms with E-state index in [9.17, 15) is 5.11 Å². The van der Waals surface area contributed by atoms with Gasteiger partial charge in [-0.15, -0.1) is 0 Å². The smallest absolute Gasteiger partial charge is 0.143 e. The minimum Gasteiger partial charge on any atom is -0.508 e. The molecule has 2 aromatic carbocycles. The number of phenols is 1. The number of hydrogen-bond donors (Lipinski definition) is 2. The van der Waals surface area contributed by atoms with Crippen molar-refractivity contribution in [2.75, 3.05) is 7.11 Å². The van der Waals surface area contributed by atoms with Crippen LogP contribution in [0.5, 0.6) is 11.5 Å². The lowest BCUT2D eigenvalue weighted by atomic mass is 10.1. The van der Waals surface area contributed by atoms with Crippen LogP contribution in [0.3, 0.4) is 0 Å². The fourth-order valence-electron chi connectivity index (χ4n) is 2.26. The molecule has 0 unspecified atom stereocenters. The first-order valence-corrected chi connectivity index (χ1v) is 5.48. The largest absolute Gasteiger partial charge is 0.508 e. The molecule has 2 N–H and O–H groups in total. The summed E-state index contributed by atoms with van der Waals surface area (Å²) in [5.74, 6) is 1.09. The normalized spacial score (nSPS) is 11.2. The summed E-state index contributed by atoms with van der Waals surface area (Å²) in [4.78, 5) is 3.28. The summed E-state index contributed by atoms with van der Waals surface area (Å²) in [5, 5.41) is 11.7. The highest BCUT2D eigenvalue weighted by atomic mass is 16.5. The van der Waals surface area contributed by atoms with Crippen molar-refractivity contribution < 1.29 is 9.84 Å². The Balaban J connectivity index is 2.50. The van der Waals surface area contributed by atoms with E-state index in [4.69, 9.17) is 4.74 Å². The number of fused-ring (bicyclic) bond motifs is 3. The van der Waals surface area contributed by atoms with Crippen LogP contribution in [0, 0.1) is 6.92 Å². The van der Waals surface area contributed by atoms with Crippen molar-refractivity contribution in [3.8, 4) is 11.5 Å². The maximum atomic E-state index is 9.49. The highest BCUT2D eigenvalue weighted by Gasteiger charge is 2.09. The van der Waals surface area contributed by atoms with E-state index >= 15 is 0 Å². The molecule has 0 amide bonds. The molecule has 0 aliphatic heterocycles. The molecular formula is C14H13NO2. The molecule has 0 spiro atoms. The number of rotatable bonds is 1. The fourth-order valence-corrected chi connectivity index (χ4v) is 2.26. The van der Waals surface area contributed by atoms with Crippen LogP contribution in [-0.2, 0) is 0 Å². The molecule has 3 heteroatoms. The predicted octanol–water partition coefficient (Wildman–Crippen LogP) is 3.34. The van der Waals surface area contributed by atoms with Gasteiger partial charge in [0.1, 0.15) is 11.5 Å².